The molecule has 0 saturated carbocycles. The predicted molar refractivity (Wildman–Crippen MR) is 75.7 cm³/mol. The number of ether oxygens (including phenoxy) is 1. The van der Waals surface area contributed by atoms with Crippen molar-refractivity contribution in [1.82, 2.24) is 9.58 Å². The number of esters is 1. The van der Waals surface area contributed by atoms with Crippen LogP contribution in [0.2, 0.25) is 0 Å². The van der Waals surface area contributed by atoms with Crippen molar-refractivity contribution in [1.29, 1.82) is 0 Å². The van der Waals surface area contributed by atoms with Crippen LogP contribution in [-0.4, -0.2) is 68.9 Å². The average molecular weight is 347 g/mol. The van der Waals surface area contributed by atoms with Crippen LogP contribution >= 0.6 is 0 Å². The lowest BCUT2D eigenvalue weighted by Gasteiger charge is -2.28. The maximum Gasteiger partial charge on any atom is 0.356 e. The lowest BCUT2D eigenvalue weighted by molar-refractivity contribution is -0.759. The first-order chi connectivity index (χ1) is 10.8. The maximum absolute atomic E-state index is 11.4. The third kappa shape index (κ3) is 4.39. The molecule has 0 unspecified atom stereocenters. The second-order valence-electron chi connectivity index (χ2n) is 4.71. The molecule has 128 valence electrons. The summed E-state index contributed by atoms with van der Waals surface area (Å²) in [4.78, 5) is 23.9. The number of piperazine rings is 1. The van der Waals surface area contributed by atoms with Crippen LogP contribution in [0.25, 0.3) is 5.32 Å². The SMILES string of the molecule is CCOC(=O)C(=O)[N-]c1c[n+](N2CCN(S(C)(=O)=O)CC2)no1. The fraction of sp³-hybridized carbons (Fsp3) is 0.636. The van der Waals surface area contributed by atoms with Crippen LogP contribution < -0.4 is 9.80 Å². The average Bonchev–Trinajstić information content (AvgIpc) is 2.95. The lowest BCUT2D eigenvalue weighted by Crippen LogP contribution is -2.65. The Morgan fingerprint density at radius 1 is 1.39 bits per heavy atom. The second-order valence-corrected chi connectivity index (χ2v) is 6.70. The van der Waals surface area contributed by atoms with Crippen LogP contribution in [0.4, 0.5) is 5.88 Å². The molecule has 0 bridgehead atoms. The lowest BCUT2D eigenvalue weighted by atomic mass is 10.4. The van der Waals surface area contributed by atoms with Gasteiger partial charge in [0.05, 0.1) is 30.7 Å². The van der Waals surface area contributed by atoms with E-state index in [1.165, 1.54) is 15.3 Å². The van der Waals surface area contributed by atoms with E-state index >= 15 is 0 Å². The fourth-order valence-corrected chi connectivity index (χ4v) is 2.79. The quantitative estimate of drug-likeness (QED) is 0.357. The summed E-state index contributed by atoms with van der Waals surface area (Å²) in [6.07, 6.45) is 2.48. The van der Waals surface area contributed by atoms with Crippen LogP contribution in [0.15, 0.2) is 10.7 Å². The normalized spacial score (nSPS) is 16.2. The molecule has 12 heteroatoms. The van der Waals surface area contributed by atoms with E-state index in [4.69, 9.17) is 4.52 Å². The Labute approximate surface area is 132 Å². The van der Waals surface area contributed by atoms with Gasteiger partial charge in [0.2, 0.25) is 15.3 Å². The number of carbonyl (C=O) groups is 2. The number of amides is 1. The number of hydrogen-bond acceptors (Lipinski definition) is 8. The van der Waals surface area contributed by atoms with Crippen LogP contribution in [0, 0.1) is 0 Å². The van der Waals surface area contributed by atoms with Gasteiger partial charge in [-0.1, -0.05) is 0 Å². The molecule has 0 aliphatic carbocycles. The first-order valence-corrected chi connectivity index (χ1v) is 8.68. The molecule has 2 heterocycles. The molecular weight excluding hydrogens is 330 g/mol. The van der Waals surface area contributed by atoms with Crippen LogP contribution in [-0.2, 0) is 24.3 Å². The van der Waals surface area contributed by atoms with Gasteiger partial charge in [-0.25, -0.2) is 13.2 Å². The van der Waals surface area contributed by atoms with Crippen molar-refractivity contribution in [3.05, 3.63) is 11.5 Å². The number of rotatable bonds is 4. The highest BCUT2D eigenvalue weighted by Crippen LogP contribution is 2.15. The van der Waals surface area contributed by atoms with Gasteiger partial charge < -0.3 is 19.4 Å². The van der Waals surface area contributed by atoms with Crippen molar-refractivity contribution in [3.63, 3.8) is 0 Å². The summed E-state index contributed by atoms with van der Waals surface area (Å²) < 4.78 is 33.6. The molecule has 23 heavy (non-hydrogen) atoms. The van der Waals surface area contributed by atoms with E-state index in [-0.39, 0.29) is 12.5 Å². The minimum Gasteiger partial charge on any atom is -0.578 e. The fourth-order valence-electron chi connectivity index (χ4n) is 1.96. The molecule has 1 aliphatic heterocycles. The molecule has 1 aliphatic rings. The number of aromatic nitrogens is 2. The topological polar surface area (TPSA) is 128 Å². The van der Waals surface area contributed by atoms with Gasteiger partial charge >= 0.3 is 5.97 Å². The van der Waals surface area contributed by atoms with Gasteiger partial charge in [-0.3, -0.25) is 0 Å². The van der Waals surface area contributed by atoms with E-state index in [0.29, 0.717) is 26.2 Å². The van der Waals surface area contributed by atoms with Gasteiger partial charge in [0.15, 0.2) is 5.91 Å². The van der Waals surface area contributed by atoms with E-state index in [0.717, 1.165) is 6.26 Å². The first kappa shape index (κ1) is 17.1. The van der Waals surface area contributed by atoms with Crippen LogP contribution in [0.3, 0.4) is 0 Å². The zero-order valence-corrected chi connectivity index (χ0v) is 13.5. The Morgan fingerprint density at radius 3 is 2.61 bits per heavy atom. The number of carbonyl (C=O) groups excluding carboxylic acids is 2. The van der Waals surface area contributed by atoms with Crippen LogP contribution in [0.1, 0.15) is 6.92 Å². The summed E-state index contributed by atoms with van der Waals surface area (Å²) in [5.74, 6) is -2.30. The summed E-state index contributed by atoms with van der Waals surface area (Å²) in [6.45, 7) is 3.07. The molecule has 0 atom stereocenters. The summed E-state index contributed by atoms with van der Waals surface area (Å²) in [6, 6.07) is 0. The minimum absolute atomic E-state index is 0.0705. The zero-order chi connectivity index (χ0) is 17.0. The van der Waals surface area contributed by atoms with Gasteiger partial charge in [0, 0.05) is 13.1 Å². The molecule has 1 amide bonds. The molecule has 2 rings (SSSR count). The smallest absolute Gasteiger partial charge is 0.356 e. The number of hydrogen-bond donors (Lipinski definition) is 0. The molecule has 0 aromatic carbocycles. The van der Waals surface area contributed by atoms with Crippen LogP contribution in [0.5, 0.6) is 0 Å². The monoisotopic (exact) mass is 347 g/mol. The second kappa shape index (κ2) is 6.91. The molecule has 0 radical (unpaired) electrons. The highest BCUT2D eigenvalue weighted by Gasteiger charge is 2.28. The highest BCUT2D eigenvalue weighted by molar-refractivity contribution is 7.88. The molecule has 1 fully saturated rings. The third-order valence-electron chi connectivity index (χ3n) is 3.08. The third-order valence-corrected chi connectivity index (χ3v) is 4.38. The van der Waals surface area contributed by atoms with Crippen molar-refractivity contribution in [2.24, 2.45) is 0 Å². The molecular formula is C11H17N5O6S. The summed E-state index contributed by atoms with van der Waals surface area (Å²) in [5, 5.41) is 8.86. The Hall–Kier alpha value is -2.21. The van der Waals surface area contributed by atoms with E-state index in [1.54, 1.807) is 11.9 Å². The standard InChI is InChI=1S/C11H17N5O6S/c1-3-21-11(18)10(17)12-9-8-16(13-22-9)14-4-6-15(7-5-14)23(2,19)20/h8H,3-7H2,1-2H3. The Kier molecular flexibility index (Phi) is 5.15. The summed E-state index contributed by atoms with van der Waals surface area (Å²) in [5.41, 5.74) is 0. The Morgan fingerprint density at radius 2 is 2.04 bits per heavy atom. The Bertz CT molecular complexity index is 679. The molecule has 0 N–H and O–H groups in total. The maximum atomic E-state index is 11.4. The summed E-state index contributed by atoms with van der Waals surface area (Å²) in [7, 11) is -3.22. The van der Waals surface area contributed by atoms with E-state index in [9.17, 15) is 18.0 Å². The molecule has 1 saturated heterocycles. The van der Waals surface area contributed by atoms with E-state index < -0.39 is 21.9 Å². The predicted octanol–water partition coefficient (Wildman–Crippen LogP) is -1.73. The van der Waals surface area contributed by atoms with Crippen molar-refractivity contribution in [2.75, 3.05) is 44.1 Å². The van der Waals surface area contributed by atoms with Crippen molar-refractivity contribution in [3.8, 4) is 0 Å². The summed E-state index contributed by atoms with van der Waals surface area (Å²) >= 11 is 0. The van der Waals surface area contributed by atoms with Gasteiger partial charge in [0.25, 0.3) is 6.20 Å². The van der Waals surface area contributed by atoms with Gasteiger partial charge in [-0.15, -0.1) is 0 Å². The minimum atomic E-state index is -3.22. The zero-order valence-electron chi connectivity index (χ0n) is 12.7. The molecule has 0 spiro atoms. The number of nitrogens with zero attached hydrogens (tertiary/aromatic N) is 5. The van der Waals surface area contributed by atoms with Gasteiger partial charge in [-0.2, -0.15) is 9.31 Å². The van der Waals surface area contributed by atoms with Gasteiger partial charge in [0.1, 0.15) is 5.88 Å². The van der Waals surface area contributed by atoms with E-state index in [2.05, 4.69) is 15.3 Å². The highest BCUT2D eigenvalue weighted by atomic mass is 32.2. The van der Waals surface area contributed by atoms with Crippen molar-refractivity contribution >= 4 is 27.8 Å². The van der Waals surface area contributed by atoms with Gasteiger partial charge in [-0.05, 0) is 6.92 Å². The molecule has 11 nitrogen and oxygen atoms in total. The molecule has 1 aromatic rings. The van der Waals surface area contributed by atoms with Crippen molar-refractivity contribution in [2.45, 2.75) is 6.92 Å². The van der Waals surface area contributed by atoms with Crippen molar-refractivity contribution < 1.29 is 32.1 Å². The van der Waals surface area contributed by atoms with E-state index in [1.807, 2.05) is 0 Å². The molecule has 1 aromatic heterocycles. The Balaban J connectivity index is 1.93. The first-order valence-electron chi connectivity index (χ1n) is 6.83. The number of sulfonamides is 1. The largest absolute Gasteiger partial charge is 0.578 e.